The Morgan fingerprint density at radius 3 is 2.41 bits per heavy atom. The van der Waals surface area contributed by atoms with Crippen molar-refractivity contribution in [3.05, 3.63) is 81.9 Å². The second-order valence-electron chi connectivity index (χ2n) is 8.00. The minimum Gasteiger partial charge on any atom is -0.324 e. The van der Waals surface area contributed by atoms with E-state index in [2.05, 4.69) is 27.9 Å². The van der Waals surface area contributed by atoms with Gasteiger partial charge in [-0.2, -0.15) is 0 Å². The second kappa shape index (κ2) is 10.1. The molecular weight excluding hydrogens is 565 g/mol. The van der Waals surface area contributed by atoms with Crippen molar-refractivity contribution in [3.8, 4) is 0 Å². The first-order valence-corrected chi connectivity index (χ1v) is 13.3. The summed E-state index contributed by atoms with van der Waals surface area (Å²) in [5.74, 6) is -0.425. The highest BCUT2D eigenvalue weighted by Gasteiger charge is 2.28. The number of carbonyl (C=O) groups is 2. The van der Waals surface area contributed by atoms with Crippen molar-refractivity contribution in [3.63, 3.8) is 0 Å². The number of hydrogen-bond donors (Lipinski definition) is 1. The first kappa shape index (κ1) is 24.2. The maximum atomic E-state index is 13.4. The minimum atomic E-state index is -3.97. The number of nitrogens with one attached hydrogen (secondary N) is 1. The summed E-state index contributed by atoms with van der Waals surface area (Å²) in [5.41, 5.74) is 2.59. The Labute approximate surface area is 213 Å². The zero-order valence-corrected chi connectivity index (χ0v) is 21.5. The summed E-state index contributed by atoms with van der Waals surface area (Å²) in [6, 6.07) is 20.3. The molecule has 34 heavy (non-hydrogen) atoms. The van der Waals surface area contributed by atoms with Crippen molar-refractivity contribution in [2.75, 3.05) is 27.6 Å². The Morgan fingerprint density at radius 2 is 1.76 bits per heavy atom. The van der Waals surface area contributed by atoms with E-state index in [0.29, 0.717) is 24.3 Å². The number of benzene rings is 3. The van der Waals surface area contributed by atoms with Crippen molar-refractivity contribution in [1.29, 1.82) is 0 Å². The second-order valence-corrected chi connectivity index (χ2v) is 11.1. The van der Waals surface area contributed by atoms with Gasteiger partial charge in [0.15, 0.2) is 0 Å². The largest absolute Gasteiger partial charge is 0.324 e. The highest BCUT2D eigenvalue weighted by Crippen LogP contribution is 2.29. The highest BCUT2D eigenvalue weighted by atomic mass is 127. The minimum absolute atomic E-state index is 0.0606. The first-order valence-electron chi connectivity index (χ1n) is 10.8. The molecule has 4 rings (SSSR count). The molecule has 0 radical (unpaired) electrons. The molecule has 0 bridgehead atoms. The van der Waals surface area contributed by atoms with Crippen LogP contribution in [0.3, 0.4) is 0 Å². The van der Waals surface area contributed by atoms with Gasteiger partial charge in [0.1, 0.15) is 6.54 Å². The molecule has 3 aromatic rings. The molecule has 0 aliphatic carbocycles. The van der Waals surface area contributed by atoms with Gasteiger partial charge in [-0.1, -0.05) is 24.3 Å². The Morgan fingerprint density at radius 1 is 1.06 bits per heavy atom. The van der Waals surface area contributed by atoms with Crippen LogP contribution in [0, 0.1) is 10.5 Å². The molecule has 3 aromatic carbocycles. The Hall–Kier alpha value is -2.92. The predicted molar refractivity (Wildman–Crippen MR) is 142 cm³/mol. The third kappa shape index (κ3) is 5.25. The number of nitrogens with zero attached hydrogens (tertiary/aromatic N) is 2. The molecule has 1 aliphatic heterocycles. The summed E-state index contributed by atoms with van der Waals surface area (Å²) in [7, 11) is -3.97. The predicted octanol–water partition coefficient (Wildman–Crippen LogP) is 4.56. The van der Waals surface area contributed by atoms with Gasteiger partial charge in [0, 0.05) is 27.9 Å². The maximum Gasteiger partial charge on any atom is 0.264 e. The fraction of sp³-hybridized carbons (Fsp3) is 0.200. The van der Waals surface area contributed by atoms with E-state index in [9.17, 15) is 18.0 Å². The molecule has 1 heterocycles. The van der Waals surface area contributed by atoms with E-state index in [0.717, 1.165) is 25.5 Å². The molecular formula is C25H24IN3O4S. The molecule has 0 unspecified atom stereocenters. The van der Waals surface area contributed by atoms with Crippen LogP contribution in [0.15, 0.2) is 77.7 Å². The van der Waals surface area contributed by atoms with Crippen molar-refractivity contribution in [1.82, 2.24) is 0 Å². The smallest absolute Gasteiger partial charge is 0.264 e. The average molecular weight is 589 g/mol. The van der Waals surface area contributed by atoms with Crippen molar-refractivity contribution < 1.29 is 18.0 Å². The summed E-state index contributed by atoms with van der Waals surface area (Å²) in [6.45, 7) is 2.16. The van der Waals surface area contributed by atoms with Crippen LogP contribution >= 0.6 is 22.6 Å². The third-order valence-corrected chi connectivity index (χ3v) is 8.10. The summed E-state index contributed by atoms with van der Waals surface area (Å²) < 4.78 is 28.9. The highest BCUT2D eigenvalue weighted by molar-refractivity contribution is 14.1. The average Bonchev–Trinajstić information content (AvgIpc) is 3.25. The van der Waals surface area contributed by atoms with Gasteiger partial charge in [-0.15, -0.1) is 0 Å². The zero-order valence-electron chi connectivity index (χ0n) is 18.6. The number of hydrogen-bond acceptors (Lipinski definition) is 4. The summed E-state index contributed by atoms with van der Waals surface area (Å²) in [4.78, 5) is 27.0. The number of rotatable bonds is 7. The van der Waals surface area contributed by atoms with E-state index in [4.69, 9.17) is 0 Å². The van der Waals surface area contributed by atoms with Crippen LogP contribution in [0.1, 0.15) is 18.4 Å². The standard InChI is InChI=1S/C25H24IN3O4S/c1-18-9-12-20(16-23(18)28-15-5-8-25(28)31)27-24(30)17-29(21-13-10-19(26)11-14-21)34(32,33)22-6-3-2-4-7-22/h2-4,6-7,9-14,16H,5,8,15,17H2,1H3,(H,27,30). The zero-order chi connectivity index (χ0) is 24.3. The molecule has 0 saturated carbocycles. The lowest BCUT2D eigenvalue weighted by Crippen LogP contribution is -2.38. The first-order chi connectivity index (χ1) is 16.3. The normalized spacial score (nSPS) is 13.7. The number of sulfonamides is 1. The summed E-state index contributed by atoms with van der Waals surface area (Å²) in [5, 5.41) is 2.80. The van der Waals surface area contributed by atoms with Crippen LogP contribution in [0.2, 0.25) is 0 Å². The van der Waals surface area contributed by atoms with Crippen molar-refractivity contribution in [2.24, 2.45) is 0 Å². The Balaban J connectivity index is 1.60. The molecule has 0 atom stereocenters. The fourth-order valence-electron chi connectivity index (χ4n) is 3.85. The lowest BCUT2D eigenvalue weighted by molar-refractivity contribution is -0.117. The van der Waals surface area contributed by atoms with Crippen LogP contribution in [0.25, 0.3) is 0 Å². The molecule has 176 valence electrons. The molecule has 0 spiro atoms. The van der Waals surface area contributed by atoms with Gasteiger partial charge in [0.25, 0.3) is 10.0 Å². The molecule has 1 N–H and O–H groups in total. The maximum absolute atomic E-state index is 13.4. The van der Waals surface area contributed by atoms with E-state index < -0.39 is 22.5 Å². The van der Waals surface area contributed by atoms with Crippen LogP contribution in [0.4, 0.5) is 17.1 Å². The number of aryl methyl sites for hydroxylation is 1. The lowest BCUT2D eigenvalue weighted by atomic mass is 10.1. The van der Waals surface area contributed by atoms with E-state index >= 15 is 0 Å². The van der Waals surface area contributed by atoms with E-state index in [1.807, 2.05) is 13.0 Å². The molecule has 2 amide bonds. The molecule has 9 heteroatoms. The number of amides is 2. The monoisotopic (exact) mass is 589 g/mol. The SMILES string of the molecule is Cc1ccc(NC(=O)CN(c2ccc(I)cc2)S(=O)(=O)c2ccccc2)cc1N1CCCC1=O. The van der Waals surface area contributed by atoms with Gasteiger partial charge in [-0.25, -0.2) is 8.42 Å². The number of anilines is 3. The molecule has 1 fully saturated rings. The van der Waals surface area contributed by atoms with Crippen molar-refractivity contribution in [2.45, 2.75) is 24.7 Å². The van der Waals surface area contributed by atoms with Gasteiger partial charge in [0.05, 0.1) is 10.6 Å². The van der Waals surface area contributed by atoms with E-state index in [-0.39, 0.29) is 10.8 Å². The molecule has 7 nitrogen and oxygen atoms in total. The van der Waals surface area contributed by atoms with Gasteiger partial charge in [-0.3, -0.25) is 13.9 Å². The van der Waals surface area contributed by atoms with Crippen LogP contribution in [-0.4, -0.2) is 33.3 Å². The van der Waals surface area contributed by atoms with Crippen LogP contribution in [0.5, 0.6) is 0 Å². The number of carbonyl (C=O) groups excluding carboxylic acids is 2. The van der Waals surface area contributed by atoms with E-state index in [1.54, 1.807) is 59.5 Å². The van der Waals surface area contributed by atoms with Gasteiger partial charge < -0.3 is 10.2 Å². The Bertz CT molecular complexity index is 1310. The summed E-state index contributed by atoms with van der Waals surface area (Å²) in [6.07, 6.45) is 1.32. The number of halogens is 1. The third-order valence-electron chi connectivity index (χ3n) is 5.59. The fourth-order valence-corrected chi connectivity index (χ4v) is 5.66. The van der Waals surface area contributed by atoms with Gasteiger partial charge >= 0.3 is 0 Å². The lowest BCUT2D eigenvalue weighted by Gasteiger charge is -2.24. The van der Waals surface area contributed by atoms with Crippen LogP contribution in [-0.2, 0) is 19.6 Å². The summed E-state index contributed by atoms with van der Waals surface area (Å²) >= 11 is 2.14. The quantitative estimate of drug-likeness (QED) is 0.410. The Kier molecular flexibility index (Phi) is 7.22. The van der Waals surface area contributed by atoms with E-state index in [1.165, 1.54) is 12.1 Å². The molecule has 1 saturated heterocycles. The topological polar surface area (TPSA) is 86.8 Å². The van der Waals surface area contributed by atoms with Crippen LogP contribution < -0.4 is 14.5 Å². The molecule has 1 aliphatic rings. The molecule has 0 aromatic heterocycles. The van der Waals surface area contributed by atoms with Gasteiger partial charge in [0.2, 0.25) is 11.8 Å². The van der Waals surface area contributed by atoms with Gasteiger partial charge in [-0.05, 0) is 90.0 Å². The van der Waals surface area contributed by atoms with Crippen molar-refractivity contribution >= 4 is 61.5 Å².